The lowest BCUT2D eigenvalue weighted by atomic mass is 10.1. The van der Waals surface area contributed by atoms with Gasteiger partial charge in [0.15, 0.2) is 0 Å². The van der Waals surface area contributed by atoms with Crippen molar-refractivity contribution in [2.24, 2.45) is 0 Å². The highest BCUT2D eigenvalue weighted by Gasteiger charge is 2.13. The van der Waals surface area contributed by atoms with E-state index in [4.69, 9.17) is 4.74 Å². The maximum absolute atomic E-state index is 11.8. The Kier molecular flexibility index (Phi) is 6.47. The van der Waals surface area contributed by atoms with Crippen LogP contribution in [0.5, 0.6) is 0 Å². The van der Waals surface area contributed by atoms with E-state index in [-0.39, 0.29) is 12.5 Å². The maximum atomic E-state index is 11.8. The third-order valence-electron chi connectivity index (χ3n) is 3.93. The number of methoxy groups -OCH3 is 1. The van der Waals surface area contributed by atoms with Gasteiger partial charge in [0.25, 0.3) is 0 Å². The minimum absolute atomic E-state index is 0.233. The van der Waals surface area contributed by atoms with Crippen LogP contribution in [0.3, 0.4) is 0 Å². The van der Waals surface area contributed by atoms with Gasteiger partial charge in [-0.1, -0.05) is 72.8 Å². The number of esters is 1. The van der Waals surface area contributed by atoms with Gasteiger partial charge < -0.3 is 4.74 Å². The van der Waals surface area contributed by atoms with Gasteiger partial charge in [-0.25, -0.2) is 4.31 Å². The summed E-state index contributed by atoms with van der Waals surface area (Å²) in [6.07, 6.45) is 0. The average molecular weight is 363 g/mol. The number of carbonyl (C=O) groups excluding carboxylic acids is 1. The fraction of sp³-hybridized carbons (Fsp3) is 0.136. The van der Waals surface area contributed by atoms with Crippen molar-refractivity contribution in [1.29, 1.82) is 0 Å². The van der Waals surface area contributed by atoms with Crippen LogP contribution in [0.1, 0.15) is 5.56 Å². The molecule has 0 fully saturated rings. The second-order valence-electron chi connectivity index (χ2n) is 5.84. The van der Waals surface area contributed by atoms with Gasteiger partial charge in [-0.15, -0.1) is 0 Å². The third-order valence-corrected chi connectivity index (χ3v) is 4.93. The molecule has 0 amide bonds. The van der Waals surface area contributed by atoms with Gasteiger partial charge in [0, 0.05) is 11.4 Å². The Morgan fingerprint density at radius 2 is 1.42 bits per heavy atom. The molecule has 0 N–H and O–H groups in total. The van der Waals surface area contributed by atoms with Crippen LogP contribution >= 0.6 is 11.9 Å². The monoisotopic (exact) mass is 363 g/mol. The number of hydrogen-bond acceptors (Lipinski definition) is 4. The molecule has 3 rings (SSSR count). The van der Waals surface area contributed by atoms with E-state index >= 15 is 0 Å². The van der Waals surface area contributed by atoms with Crippen molar-refractivity contribution in [3.05, 3.63) is 90.5 Å². The second kappa shape index (κ2) is 9.22. The molecule has 3 aromatic rings. The minimum Gasteiger partial charge on any atom is -0.468 e. The zero-order chi connectivity index (χ0) is 18.2. The molecule has 0 saturated heterocycles. The smallest absolute Gasteiger partial charge is 0.320 e. The SMILES string of the molecule is COC(=O)CN(Cc1ccccc1)Sc1ccc(-c2ccccc2)cc1. The highest BCUT2D eigenvalue weighted by atomic mass is 32.2. The summed E-state index contributed by atoms with van der Waals surface area (Å²) in [6, 6.07) is 28.8. The molecule has 0 spiro atoms. The van der Waals surface area contributed by atoms with Gasteiger partial charge in [0.2, 0.25) is 0 Å². The van der Waals surface area contributed by atoms with Crippen molar-refractivity contribution in [3.63, 3.8) is 0 Å². The molecule has 0 aliphatic heterocycles. The lowest BCUT2D eigenvalue weighted by molar-refractivity contribution is -0.140. The molecule has 0 aromatic heterocycles. The van der Waals surface area contributed by atoms with E-state index in [1.54, 1.807) is 11.9 Å². The Hall–Kier alpha value is -2.56. The van der Waals surface area contributed by atoms with Crippen LogP contribution in [0.4, 0.5) is 0 Å². The minimum atomic E-state index is -0.241. The van der Waals surface area contributed by atoms with E-state index in [1.807, 2.05) is 40.7 Å². The van der Waals surface area contributed by atoms with Crippen molar-refractivity contribution in [3.8, 4) is 11.1 Å². The van der Waals surface area contributed by atoms with Crippen LogP contribution in [0.15, 0.2) is 89.8 Å². The summed E-state index contributed by atoms with van der Waals surface area (Å²) >= 11 is 1.56. The highest BCUT2D eigenvalue weighted by molar-refractivity contribution is 7.97. The summed E-state index contributed by atoms with van der Waals surface area (Å²) in [4.78, 5) is 12.9. The van der Waals surface area contributed by atoms with E-state index in [0.29, 0.717) is 6.54 Å². The quantitative estimate of drug-likeness (QED) is 0.435. The average Bonchev–Trinajstić information content (AvgIpc) is 2.70. The Bertz CT molecular complexity index is 820. The van der Waals surface area contributed by atoms with E-state index in [2.05, 4.69) is 48.5 Å². The Morgan fingerprint density at radius 3 is 2.04 bits per heavy atom. The zero-order valence-corrected chi connectivity index (χ0v) is 15.5. The van der Waals surface area contributed by atoms with E-state index < -0.39 is 0 Å². The third kappa shape index (κ3) is 5.22. The summed E-state index contributed by atoms with van der Waals surface area (Å²) in [6.45, 7) is 0.900. The first-order chi connectivity index (χ1) is 12.7. The van der Waals surface area contributed by atoms with Crippen molar-refractivity contribution in [2.75, 3.05) is 13.7 Å². The van der Waals surface area contributed by atoms with Gasteiger partial charge in [-0.05, 0) is 40.8 Å². The number of hydrogen-bond donors (Lipinski definition) is 0. The molecule has 132 valence electrons. The zero-order valence-electron chi connectivity index (χ0n) is 14.7. The summed E-state index contributed by atoms with van der Waals surface area (Å²) in [5, 5.41) is 0. The fourth-order valence-electron chi connectivity index (χ4n) is 2.60. The predicted molar refractivity (Wildman–Crippen MR) is 107 cm³/mol. The molecule has 0 aliphatic rings. The standard InChI is InChI=1S/C22H21NO2S/c1-25-22(24)17-23(16-18-8-4-2-5-9-18)26-21-14-12-20(13-15-21)19-10-6-3-7-11-19/h2-15H,16-17H2,1H3. The molecule has 0 radical (unpaired) electrons. The van der Waals surface area contributed by atoms with Crippen molar-refractivity contribution < 1.29 is 9.53 Å². The number of benzene rings is 3. The van der Waals surface area contributed by atoms with Gasteiger partial charge in [-0.3, -0.25) is 4.79 Å². The molecule has 0 bridgehead atoms. The van der Waals surface area contributed by atoms with Crippen LogP contribution in [0.25, 0.3) is 11.1 Å². The van der Waals surface area contributed by atoms with Gasteiger partial charge in [0.05, 0.1) is 7.11 Å². The van der Waals surface area contributed by atoms with E-state index in [1.165, 1.54) is 18.2 Å². The topological polar surface area (TPSA) is 29.5 Å². The first-order valence-corrected chi connectivity index (χ1v) is 9.21. The van der Waals surface area contributed by atoms with Crippen LogP contribution in [0.2, 0.25) is 0 Å². The largest absolute Gasteiger partial charge is 0.468 e. The lowest BCUT2D eigenvalue weighted by Crippen LogP contribution is -2.24. The first-order valence-electron chi connectivity index (χ1n) is 8.44. The normalized spacial score (nSPS) is 10.7. The lowest BCUT2D eigenvalue weighted by Gasteiger charge is -2.20. The highest BCUT2D eigenvalue weighted by Crippen LogP contribution is 2.27. The van der Waals surface area contributed by atoms with Gasteiger partial charge in [0.1, 0.15) is 6.54 Å². The molecule has 3 nitrogen and oxygen atoms in total. The number of carbonyl (C=O) groups is 1. The molecular formula is C22H21NO2S. The predicted octanol–water partition coefficient (Wildman–Crippen LogP) is 5.04. The van der Waals surface area contributed by atoms with Crippen LogP contribution in [-0.4, -0.2) is 23.9 Å². The van der Waals surface area contributed by atoms with E-state index in [9.17, 15) is 4.79 Å². The molecule has 0 aliphatic carbocycles. The molecule has 0 heterocycles. The number of rotatable bonds is 7. The molecule has 0 unspecified atom stereocenters. The number of ether oxygens (including phenoxy) is 1. The summed E-state index contributed by atoms with van der Waals surface area (Å²) in [5.41, 5.74) is 3.53. The Balaban J connectivity index is 1.72. The molecule has 0 atom stereocenters. The summed E-state index contributed by atoms with van der Waals surface area (Å²) in [7, 11) is 1.42. The Morgan fingerprint density at radius 1 is 0.846 bits per heavy atom. The summed E-state index contributed by atoms with van der Waals surface area (Å²) in [5.74, 6) is -0.241. The number of nitrogens with zero attached hydrogens (tertiary/aromatic N) is 1. The maximum Gasteiger partial charge on any atom is 0.320 e. The molecule has 0 saturated carbocycles. The Labute approximate surface area is 158 Å². The van der Waals surface area contributed by atoms with Crippen LogP contribution < -0.4 is 0 Å². The van der Waals surface area contributed by atoms with Crippen molar-refractivity contribution >= 4 is 17.9 Å². The van der Waals surface area contributed by atoms with Crippen LogP contribution in [-0.2, 0) is 16.1 Å². The van der Waals surface area contributed by atoms with Crippen LogP contribution in [0, 0.1) is 0 Å². The van der Waals surface area contributed by atoms with Gasteiger partial charge in [-0.2, -0.15) is 0 Å². The summed E-state index contributed by atoms with van der Waals surface area (Å²) < 4.78 is 6.85. The molecule has 26 heavy (non-hydrogen) atoms. The van der Waals surface area contributed by atoms with Crippen molar-refractivity contribution in [1.82, 2.24) is 4.31 Å². The van der Waals surface area contributed by atoms with E-state index in [0.717, 1.165) is 10.5 Å². The first kappa shape index (κ1) is 18.2. The fourth-order valence-corrected chi connectivity index (χ4v) is 3.54. The van der Waals surface area contributed by atoms with Gasteiger partial charge >= 0.3 is 5.97 Å². The second-order valence-corrected chi connectivity index (χ2v) is 7.01. The molecule has 4 heteroatoms. The molecule has 3 aromatic carbocycles. The van der Waals surface area contributed by atoms with Crippen molar-refractivity contribution in [2.45, 2.75) is 11.4 Å². The molecular weight excluding hydrogens is 342 g/mol.